The standard InChI is InChI=1S/C12H16N4/c1-3-13-9-11-4-6-14-12(8-11)16-7-5-10(2)15-16/h4-8,13H,3,9H2,1-2H3. The molecule has 16 heavy (non-hydrogen) atoms. The van der Waals surface area contributed by atoms with Crippen LogP contribution in [0.15, 0.2) is 30.6 Å². The Morgan fingerprint density at radius 1 is 1.38 bits per heavy atom. The fourth-order valence-electron chi connectivity index (χ4n) is 1.51. The zero-order valence-corrected chi connectivity index (χ0v) is 9.64. The quantitative estimate of drug-likeness (QED) is 0.845. The van der Waals surface area contributed by atoms with Crippen LogP contribution in [0.25, 0.3) is 5.82 Å². The van der Waals surface area contributed by atoms with Gasteiger partial charge >= 0.3 is 0 Å². The molecule has 0 spiro atoms. The van der Waals surface area contributed by atoms with Gasteiger partial charge in [-0.05, 0) is 37.2 Å². The molecule has 2 aromatic rings. The van der Waals surface area contributed by atoms with E-state index in [9.17, 15) is 0 Å². The predicted molar refractivity (Wildman–Crippen MR) is 63.5 cm³/mol. The summed E-state index contributed by atoms with van der Waals surface area (Å²) in [6, 6.07) is 6.04. The number of pyridine rings is 1. The van der Waals surface area contributed by atoms with Gasteiger partial charge in [0.2, 0.25) is 0 Å². The minimum atomic E-state index is 0.864. The molecule has 0 fully saturated rings. The van der Waals surface area contributed by atoms with Crippen LogP contribution in [0, 0.1) is 6.92 Å². The van der Waals surface area contributed by atoms with E-state index < -0.39 is 0 Å². The summed E-state index contributed by atoms with van der Waals surface area (Å²) in [7, 11) is 0. The Kier molecular flexibility index (Phi) is 3.31. The second-order valence-corrected chi connectivity index (χ2v) is 3.70. The fraction of sp³-hybridized carbons (Fsp3) is 0.333. The van der Waals surface area contributed by atoms with E-state index in [0.717, 1.165) is 24.6 Å². The third kappa shape index (κ3) is 2.46. The number of nitrogens with one attached hydrogen (secondary N) is 1. The van der Waals surface area contributed by atoms with Gasteiger partial charge in [-0.25, -0.2) is 9.67 Å². The monoisotopic (exact) mass is 216 g/mol. The molecule has 0 saturated carbocycles. The highest BCUT2D eigenvalue weighted by molar-refractivity contribution is 5.27. The molecule has 84 valence electrons. The number of hydrogen-bond acceptors (Lipinski definition) is 3. The van der Waals surface area contributed by atoms with E-state index in [-0.39, 0.29) is 0 Å². The Labute approximate surface area is 95.3 Å². The van der Waals surface area contributed by atoms with Gasteiger partial charge in [0.05, 0.1) is 5.69 Å². The number of hydrogen-bond donors (Lipinski definition) is 1. The second kappa shape index (κ2) is 4.90. The van der Waals surface area contributed by atoms with Gasteiger partial charge in [-0.1, -0.05) is 6.92 Å². The summed E-state index contributed by atoms with van der Waals surface area (Å²) < 4.78 is 1.80. The molecule has 2 aromatic heterocycles. The minimum absolute atomic E-state index is 0.864. The Balaban J connectivity index is 2.22. The van der Waals surface area contributed by atoms with Gasteiger partial charge in [-0.2, -0.15) is 5.10 Å². The first-order valence-corrected chi connectivity index (χ1v) is 5.48. The SMILES string of the molecule is CCNCc1ccnc(-n2ccc(C)n2)c1. The summed E-state index contributed by atoms with van der Waals surface area (Å²) in [6.07, 6.45) is 3.74. The van der Waals surface area contributed by atoms with Crippen LogP contribution in [-0.4, -0.2) is 21.3 Å². The van der Waals surface area contributed by atoms with Crippen LogP contribution < -0.4 is 5.32 Å². The molecule has 4 nitrogen and oxygen atoms in total. The van der Waals surface area contributed by atoms with Crippen LogP contribution in [0.4, 0.5) is 0 Å². The van der Waals surface area contributed by atoms with Crippen LogP contribution in [0.1, 0.15) is 18.2 Å². The van der Waals surface area contributed by atoms with Crippen molar-refractivity contribution in [3.05, 3.63) is 41.9 Å². The lowest BCUT2D eigenvalue weighted by Crippen LogP contribution is -2.12. The summed E-state index contributed by atoms with van der Waals surface area (Å²) in [5.41, 5.74) is 2.22. The van der Waals surface area contributed by atoms with E-state index in [4.69, 9.17) is 0 Å². The van der Waals surface area contributed by atoms with Crippen LogP contribution in [0.2, 0.25) is 0 Å². The van der Waals surface area contributed by atoms with Crippen molar-refractivity contribution in [2.75, 3.05) is 6.54 Å². The summed E-state index contributed by atoms with van der Waals surface area (Å²) >= 11 is 0. The summed E-state index contributed by atoms with van der Waals surface area (Å²) in [5.74, 6) is 0.864. The molecule has 0 bridgehead atoms. The van der Waals surface area contributed by atoms with E-state index in [2.05, 4.69) is 28.4 Å². The number of rotatable bonds is 4. The Morgan fingerprint density at radius 2 is 2.25 bits per heavy atom. The van der Waals surface area contributed by atoms with Gasteiger partial charge in [-0.15, -0.1) is 0 Å². The highest BCUT2D eigenvalue weighted by Crippen LogP contribution is 2.07. The van der Waals surface area contributed by atoms with E-state index in [0.29, 0.717) is 0 Å². The number of nitrogens with zero attached hydrogens (tertiary/aromatic N) is 3. The normalized spacial score (nSPS) is 10.6. The fourth-order valence-corrected chi connectivity index (χ4v) is 1.51. The molecule has 1 N–H and O–H groups in total. The lowest BCUT2D eigenvalue weighted by Gasteiger charge is -2.04. The highest BCUT2D eigenvalue weighted by atomic mass is 15.3. The maximum absolute atomic E-state index is 4.34. The average Bonchev–Trinajstić information content (AvgIpc) is 2.74. The molecule has 0 amide bonds. The molecular formula is C12H16N4. The predicted octanol–water partition coefficient (Wildman–Crippen LogP) is 1.69. The molecule has 0 saturated heterocycles. The van der Waals surface area contributed by atoms with Gasteiger partial charge < -0.3 is 5.32 Å². The lowest BCUT2D eigenvalue weighted by atomic mass is 10.2. The van der Waals surface area contributed by atoms with Crippen molar-refractivity contribution in [3.63, 3.8) is 0 Å². The van der Waals surface area contributed by atoms with Crippen LogP contribution in [-0.2, 0) is 6.54 Å². The highest BCUT2D eigenvalue weighted by Gasteiger charge is 2.00. The molecule has 0 aliphatic heterocycles. The van der Waals surface area contributed by atoms with Crippen molar-refractivity contribution in [1.29, 1.82) is 0 Å². The van der Waals surface area contributed by atoms with Gasteiger partial charge in [0.15, 0.2) is 5.82 Å². The topological polar surface area (TPSA) is 42.7 Å². The van der Waals surface area contributed by atoms with E-state index in [1.165, 1.54) is 5.56 Å². The molecule has 2 rings (SSSR count). The van der Waals surface area contributed by atoms with Gasteiger partial charge in [0.1, 0.15) is 0 Å². The maximum Gasteiger partial charge on any atom is 0.153 e. The van der Waals surface area contributed by atoms with Crippen molar-refractivity contribution < 1.29 is 0 Å². The van der Waals surface area contributed by atoms with Crippen molar-refractivity contribution >= 4 is 0 Å². The van der Waals surface area contributed by atoms with Crippen molar-refractivity contribution in [1.82, 2.24) is 20.1 Å². The molecule has 2 heterocycles. The zero-order chi connectivity index (χ0) is 11.4. The number of aryl methyl sites for hydroxylation is 1. The molecule has 0 aliphatic carbocycles. The molecular weight excluding hydrogens is 200 g/mol. The molecule has 4 heteroatoms. The molecule has 0 aliphatic rings. The van der Waals surface area contributed by atoms with Crippen LogP contribution >= 0.6 is 0 Å². The smallest absolute Gasteiger partial charge is 0.153 e. The second-order valence-electron chi connectivity index (χ2n) is 3.70. The van der Waals surface area contributed by atoms with E-state index >= 15 is 0 Å². The minimum Gasteiger partial charge on any atom is -0.313 e. The zero-order valence-electron chi connectivity index (χ0n) is 9.64. The van der Waals surface area contributed by atoms with Crippen molar-refractivity contribution in [2.45, 2.75) is 20.4 Å². The molecule has 0 atom stereocenters. The summed E-state index contributed by atoms with van der Waals surface area (Å²) in [6.45, 7) is 5.91. The average molecular weight is 216 g/mol. The molecule has 0 unspecified atom stereocenters. The van der Waals surface area contributed by atoms with Gasteiger partial charge in [-0.3, -0.25) is 0 Å². The Bertz CT molecular complexity index is 462. The first-order chi connectivity index (χ1) is 7.79. The third-order valence-corrected chi connectivity index (χ3v) is 2.35. The summed E-state index contributed by atoms with van der Waals surface area (Å²) in [4.78, 5) is 4.30. The van der Waals surface area contributed by atoms with Gasteiger partial charge in [0.25, 0.3) is 0 Å². The first-order valence-electron chi connectivity index (χ1n) is 5.48. The number of aromatic nitrogens is 3. The molecule has 0 radical (unpaired) electrons. The third-order valence-electron chi connectivity index (χ3n) is 2.35. The van der Waals surface area contributed by atoms with Gasteiger partial charge in [0, 0.05) is 18.9 Å². The van der Waals surface area contributed by atoms with Crippen molar-refractivity contribution in [3.8, 4) is 5.82 Å². The first kappa shape index (κ1) is 10.8. The van der Waals surface area contributed by atoms with Crippen LogP contribution in [0.3, 0.4) is 0 Å². The Hall–Kier alpha value is -1.68. The maximum atomic E-state index is 4.34. The largest absolute Gasteiger partial charge is 0.313 e. The Morgan fingerprint density at radius 3 is 2.94 bits per heavy atom. The van der Waals surface area contributed by atoms with E-state index in [1.807, 2.05) is 31.5 Å². The van der Waals surface area contributed by atoms with Crippen LogP contribution in [0.5, 0.6) is 0 Å². The van der Waals surface area contributed by atoms with E-state index in [1.54, 1.807) is 4.68 Å². The lowest BCUT2D eigenvalue weighted by molar-refractivity contribution is 0.723. The summed E-state index contributed by atoms with van der Waals surface area (Å²) in [5, 5.41) is 7.63. The molecule has 0 aromatic carbocycles. The van der Waals surface area contributed by atoms with Crippen molar-refractivity contribution in [2.24, 2.45) is 0 Å².